The Balaban J connectivity index is 1.89. The first-order valence-electron chi connectivity index (χ1n) is 10.1. The van der Waals surface area contributed by atoms with Gasteiger partial charge in [-0.05, 0) is 66.7 Å². The summed E-state index contributed by atoms with van der Waals surface area (Å²) >= 11 is 3.46. The zero-order valence-electron chi connectivity index (χ0n) is 16.0. The standard InChI is InChI=1S/C20H29BrN2O3S/c1-2-23(16-9-5-3-6-10-16)20(24)18-15-17(11-12-19(18)21)27(25,26)22-13-7-4-8-14-22/h11-12,15-16H,2-10,13-14H2,1H3. The van der Waals surface area contributed by atoms with Gasteiger partial charge in [-0.15, -0.1) is 0 Å². The smallest absolute Gasteiger partial charge is 0.255 e. The van der Waals surface area contributed by atoms with Crippen LogP contribution in [0.3, 0.4) is 0 Å². The molecule has 1 saturated carbocycles. The minimum absolute atomic E-state index is 0.0769. The summed E-state index contributed by atoms with van der Waals surface area (Å²) in [6, 6.07) is 5.10. The van der Waals surface area contributed by atoms with Gasteiger partial charge in [0, 0.05) is 30.1 Å². The van der Waals surface area contributed by atoms with E-state index in [-0.39, 0.29) is 16.8 Å². The fourth-order valence-electron chi connectivity index (χ4n) is 4.20. The van der Waals surface area contributed by atoms with Crippen LogP contribution in [0.1, 0.15) is 68.6 Å². The SMILES string of the molecule is CCN(C(=O)c1cc(S(=O)(=O)N2CCCCC2)ccc1Br)C1CCCCC1. The Morgan fingerprint density at radius 1 is 1.11 bits per heavy atom. The summed E-state index contributed by atoms with van der Waals surface area (Å²) in [4.78, 5) is 15.4. The average Bonchev–Trinajstić information content (AvgIpc) is 2.70. The Morgan fingerprint density at radius 2 is 1.74 bits per heavy atom. The maximum atomic E-state index is 13.2. The van der Waals surface area contributed by atoms with Crippen LogP contribution in [0.4, 0.5) is 0 Å². The average molecular weight is 457 g/mol. The topological polar surface area (TPSA) is 57.7 Å². The molecule has 1 aromatic carbocycles. The van der Waals surface area contributed by atoms with Crippen molar-refractivity contribution in [3.05, 3.63) is 28.2 Å². The Kier molecular flexibility index (Phi) is 6.98. The number of halogens is 1. The second-order valence-corrected chi connectivity index (χ2v) is 10.3. The van der Waals surface area contributed by atoms with Gasteiger partial charge in [-0.1, -0.05) is 25.7 Å². The number of carbonyl (C=O) groups is 1. The number of piperidine rings is 1. The molecular weight excluding hydrogens is 428 g/mol. The van der Waals surface area contributed by atoms with Crippen LogP contribution < -0.4 is 0 Å². The van der Waals surface area contributed by atoms with Crippen LogP contribution in [0.5, 0.6) is 0 Å². The molecule has 27 heavy (non-hydrogen) atoms. The summed E-state index contributed by atoms with van der Waals surface area (Å²) in [6.45, 7) is 3.75. The van der Waals surface area contributed by atoms with Crippen molar-refractivity contribution in [3.63, 3.8) is 0 Å². The molecule has 3 rings (SSSR count). The number of rotatable bonds is 5. The van der Waals surface area contributed by atoms with E-state index in [2.05, 4.69) is 15.9 Å². The first kappa shape index (κ1) is 20.8. The van der Waals surface area contributed by atoms with Gasteiger partial charge in [0.2, 0.25) is 10.0 Å². The summed E-state index contributed by atoms with van der Waals surface area (Å²) in [7, 11) is -3.55. The highest BCUT2D eigenvalue weighted by molar-refractivity contribution is 9.10. The zero-order valence-corrected chi connectivity index (χ0v) is 18.4. The van der Waals surface area contributed by atoms with Gasteiger partial charge < -0.3 is 4.90 Å². The van der Waals surface area contributed by atoms with Gasteiger partial charge in [0.1, 0.15) is 0 Å². The predicted molar refractivity (Wildman–Crippen MR) is 110 cm³/mol. The van der Waals surface area contributed by atoms with Gasteiger partial charge in [0.15, 0.2) is 0 Å². The Hall–Kier alpha value is -0.920. The second kappa shape index (κ2) is 9.05. The van der Waals surface area contributed by atoms with Crippen molar-refractivity contribution in [2.45, 2.75) is 69.2 Å². The van der Waals surface area contributed by atoms with Crippen LogP contribution in [0, 0.1) is 0 Å². The third-order valence-electron chi connectivity index (χ3n) is 5.74. The number of sulfonamides is 1. The number of nitrogens with zero attached hydrogens (tertiary/aromatic N) is 2. The van der Waals surface area contributed by atoms with Gasteiger partial charge in [-0.25, -0.2) is 8.42 Å². The van der Waals surface area contributed by atoms with Crippen molar-refractivity contribution >= 4 is 31.9 Å². The number of hydrogen-bond donors (Lipinski definition) is 0. The molecule has 5 nitrogen and oxygen atoms in total. The molecule has 1 aliphatic heterocycles. The zero-order chi connectivity index (χ0) is 19.4. The molecule has 7 heteroatoms. The van der Waals surface area contributed by atoms with Gasteiger partial charge in [0.25, 0.3) is 5.91 Å². The van der Waals surface area contributed by atoms with E-state index >= 15 is 0 Å². The molecule has 0 unspecified atom stereocenters. The van der Waals surface area contributed by atoms with Crippen molar-refractivity contribution in [3.8, 4) is 0 Å². The van der Waals surface area contributed by atoms with Crippen molar-refractivity contribution in [2.75, 3.05) is 19.6 Å². The monoisotopic (exact) mass is 456 g/mol. The highest BCUT2D eigenvalue weighted by Crippen LogP contribution is 2.29. The maximum absolute atomic E-state index is 13.2. The number of hydrogen-bond acceptors (Lipinski definition) is 3. The van der Waals surface area contributed by atoms with E-state index in [4.69, 9.17) is 0 Å². The molecule has 2 fully saturated rings. The Bertz CT molecular complexity index is 769. The van der Waals surface area contributed by atoms with E-state index in [9.17, 15) is 13.2 Å². The largest absolute Gasteiger partial charge is 0.336 e. The summed E-state index contributed by atoms with van der Waals surface area (Å²) in [5, 5.41) is 0. The van der Waals surface area contributed by atoms with E-state index in [1.807, 2.05) is 11.8 Å². The van der Waals surface area contributed by atoms with Crippen LogP contribution in [0.25, 0.3) is 0 Å². The molecule has 0 aromatic heterocycles. The summed E-state index contributed by atoms with van der Waals surface area (Å²) < 4.78 is 28.2. The van der Waals surface area contributed by atoms with Crippen LogP contribution in [0.15, 0.2) is 27.6 Å². The third-order valence-corrected chi connectivity index (χ3v) is 8.32. The molecule has 1 aromatic rings. The molecule has 1 saturated heterocycles. The fraction of sp³-hybridized carbons (Fsp3) is 0.650. The first-order chi connectivity index (χ1) is 12.9. The summed E-state index contributed by atoms with van der Waals surface area (Å²) in [5.41, 5.74) is 0.445. The minimum Gasteiger partial charge on any atom is -0.336 e. The summed E-state index contributed by atoms with van der Waals surface area (Å²) in [6.07, 6.45) is 8.46. The van der Waals surface area contributed by atoms with Crippen LogP contribution in [-0.2, 0) is 10.0 Å². The van der Waals surface area contributed by atoms with Crippen molar-refractivity contribution in [2.24, 2.45) is 0 Å². The lowest BCUT2D eigenvalue weighted by Crippen LogP contribution is -2.41. The molecule has 150 valence electrons. The van der Waals surface area contributed by atoms with Crippen molar-refractivity contribution in [1.29, 1.82) is 0 Å². The highest BCUT2D eigenvalue weighted by Gasteiger charge is 2.30. The highest BCUT2D eigenvalue weighted by atomic mass is 79.9. The molecule has 1 aliphatic carbocycles. The lowest BCUT2D eigenvalue weighted by molar-refractivity contribution is 0.0646. The molecule has 0 spiro atoms. The molecule has 0 atom stereocenters. The molecule has 0 bridgehead atoms. The maximum Gasteiger partial charge on any atom is 0.255 e. The first-order valence-corrected chi connectivity index (χ1v) is 12.3. The number of carbonyl (C=O) groups excluding carboxylic acids is 1. The van der Waals surface area contributed by atoms with Gasteiger partial charge in [-0.3, -0.25) is 4.79 Å². The van der Waals surface area contributed by atoms with E-state index in [1.165, 1.54) is 6.42 Å². The van der Waals surface area contributed by atoms with E-state index in [0.29, 0.717) is 29.7 Å². The normalized spacial score (nSPS) is 19.8. The Labute approximate surface area is 171 Å². The molecule has 0 N–H and O–H groups in total. The molecule has 0 radical (unpaired) electrons. The lowest BCUT2D eigenvalue weighted by atomic mass is 9.93. The van der Waals surface area contributed by atoms with Gasteiger partial charge in [0.05, 0.1) is 10.5 Å². The minimum atomic E-state index is -3.55. The van der Waals surface area contributed by atoms with Gasteiger partial charge >= 0.3 is 0 Å². The van der Waals surface area contributed by atoms with E-state index < -0.39 is 10.0 Å². The van der Waals surface area contributed by atoms with E-state index in [1.54, 1.807) is 22.5 Å². The molecule has 2 aliphatic rings. The third kappa shape index (κ3) is 4.57. The van der Waals surface area contributed by atoms with Crippen molar-refractivity contribution < 1.29 is 13.2 Å². The number of amides is 1. The number of benzene rings is 1. The van der Waals surface area contributed by atoms with E-state index in [0.717, 1.165) is 44.9 Å². The molecule has 1 heterocycles. The van der Waals surface area contributed by atoms with Gasteiger partial charge in [-0.2, -0.15) is 4.31 Å². The molecular formula is C20H29BrN2O3S. The second-order valence-electron chi connectivity index (χ2n) is 7.49. The van der Waals surface area contributed by atoms with Crippen LogP contribution in [0.2, 0.25) is 0 Å². The fourth-order valence-corrected chi connectivity index (χ4v) is 6.16. The van der Waals surface area contributed by atoms with Crippen LogP contribution in [-0.4, -0.2) is 49.2 Å². The lowest BCUT2D eigenvalue weighted by Gasteiger charge is -2.34. The Morgan fingerprint density at radius 3 is 2.37 bits per heavy atom. The van der Waals surface area contributed by atoms with Crippen LogP contribution >= 0.6 is 15.9 Å². The quantitative estimate of drug-likeness (QED) is 0.658. The predicted octanol–water partition coefficient (Wildman–Crippen LogP) is 4.42. The molecule has 1 amide bonds. The summed E-state index contributed by atoms with van der Waals surface area (Å²) in [5.74, 6) is -0.0769. The van der Waals surface area contributed by atoms with Crippen molar-refractivity contribution in [1.82, 2.24) is 9.21 Å².